The number of para-hydroxylation sites is 1. The van der Waals surface area contributed by atoms with Crippen molar-refractivity contribution in [2.24, 2.45) is 0 Å². The number of ether oxygens (including phenoxy) is 1. The van der Waals surface area contributed by atoms with Crippen molar-refractivity contribution in [1.82, 2.24) is 14.9 Å². The van der Waals surface area contributed by atoms with E-state index in [1.54, 1.807) is 30.5 Å². The van der Waals surface area contributed by atoms with Gasteiger partial charge >= 0.3 is 6.61 Å². The molecule has 3 heterocycles. The Morgan fingerprint density at radius 2 is 1.74 bits per heavy atom. The number of β-amino-alcohol motifs (C(OH)–C–C–N with tert-alkyl or cyclic N) is 1. The van der Waals surface area contributed by atoms with Crippen molar-refractivity contribution in [2.75, 3.05) is 17.8 Å². The molecule has 7 nitrogen and oxygen atoms in total. The van der Waals surface area contributed by atoms with E-state index in [1.807, 2.05) is 30.3 Å². The molecule has 2 N–H and O–H groups in total. The summed E-state index contributed by atoms with van der Waals surface area (Å²) in [6.45, 7) is -3.19. The molecule has 1 fully saturated rings. The molecule has 0 spiro atoms. The van der Waals surface area contributed by atoms with Crippen LogP contribution in [0.1, 0.15) is 16.1 Å². The Morgan fingerprint density at radius 1 is 1.03 bits per heavy atom. The number of aromatic nitrogens is 2. The number of carbonyl (C=O) groups excluding carboxylic acids is 1. The van der Waals surface area contributed by atoms with Gasteiger partial charge in [-0.05, 0) is 60.5 Å². The Bertz CT molecular complexity index is 1360. The highest BCUT2D eigenvalue weighted by Gasteiger charge is 2.48. The first kappa shape index (κ1) is 23.0. The first-order valence-corrected chi connectivity index (χ1v) is 11.5. The fraction of sp³-hybridized carbons (Fsp3) is 0.160. The summed E-state index contributed by atoms with van der Waals surface area (Å²) >= 11 is 1.43. The molecule has 0 aliphatic carbocycles. The van der Waals surface area contributed by atoms with Gasteiger partial charge in [0, 0.05) is 29.0 Å². The normalized spacial score (nSPS) is 14.6. The predicted octanol–water partition coefficient (Wildman–Crippen LogP) is 4.69. The molecule has 2 aromatic carbocycles. The quantitative estimate of drug-likeness (QED) is 0.360. The summed E-state index contributed by atoms with van der Waals surface area (Å²) in [5.41, 5.74) is 0.594. The summed E-state index contributed by atoms with van der Waals surface area (Å²) < 4.78 is 33.1. The Hall–Kier alpha value is -3.76. The molecule has 4 aromatic rings. The predicted molar refractivity (Wildman–Crippen MR) is 128 cm³/mol. The van der Waals surface area contributed by atoms with Gasteiger partial charge in [0.15, 0.2) is 5.75 Å². The van der Waals surface area contributed by atoms with Crippen LogP contribution in [0.5, 0.6) is 5.75 Å². The third-order valence-corrected chi connectivity index (χ3v) is 6.51. The molecular weight excluding hydrogens is 474 g/mol. The molecule has 178 valence electrons. The molecule has 0 radical (unpaired) electrons. The molecule has 5 rings (SSSR count). The first-order chi connectivity index (χ1) is 16.9. The van der Waals surface area contributed by atoms with E-state index in [0.717, 1.165) is 21.5 Å². The standard InChI is InChI=1S/C25H20F2N4O3S/c26-24(27)34-19-6-3-13-29-22(19)25(33)14-31(15-25)23(32)17-8-10-18(11-9-17)30-35-20-7-1-4-16-5-2-12-28-21(16)20/h1-13,24,30,33H,14-15H2. The Balaban J connectivity index is 1.22. The highest BCUT2D eigenvalue weighted by Crippen LogP contribution is 2.37. The lowest BCUT2D eigenvalue weighted by molar-refractivity contribution is -0.0969. The highest BCUT2D eigenvalue weighted by atomic mass is 32.2. The third-order valence-electron chi connectivity index (χ3n) is 5.63. The second kappa shape index (κ2) is 9.47. The second-order valence-electron chi connectivity index (χ2n) is 8.03. The summed E-state index contributed by atoms with van der Waals surface area (Å²) in [4.78, 5) is 23.7. The van der Waals surface area contributed by atoms with Crippen LogP contribution < -0.4 is 9.46 Å². The maximum absolute atomic E-state index is 12.9. The number of anilines is 1. The van der Waals surface area contributed by atoms with E-state index < -0.39 is 12.2 Å². The van der Waals surface area contributed by atoms with Crippen LogP contribution in [0, 0.1) is 0 Å². The molecule has 0 unspecified atom stereocenters. The lowest BCUT2D eigenvalue weighted by Crippen LogP contribution is -2.61. The number of carbonyl (C=O) groups is 1. The number of hydrogen-bond donors (Lipinski definition) is 2. The number of halogens is 2. The van der Waals surface area contributed by atoms with Crippen LogP contribution >= 0.6 is 11.9 Å². The fourth-order valence-corrected chi connectivity index (χ4v) is 4.72. The van der Waals surface area contributed by atoms with Crippen molar-refractivity contribution >= 4 is 34.4 Å². The van der Waals surface area contributed by atoms with Crippen LogP contribution in [0.25, 0.3) is 10.9 Å². The number of nitrogens with one attached hydrogen (secondary N) is 1. The molecule has 0 saturated carbocycles. The molecule has 35 heavy (non-hydrogen) atoms. The van der Waals surface area contributed by atoms with Gasteiger partial charge in [-0.3, -0.25) is 14.8 Å². The van der Waals surface area contributed by atoms with E-state index in [1.165, 1.54) is 35.2 Å². The van der Waals surface area contributed by atoms with Crippen molar-refractivity contribution in [1.29, 1.82) is 0 Å². The van der Waals surface area contributed by atoms with Crippen LogP contribution in [-0.2, 0) is 5.60 Å². The summed E-state index contributed by atoms with van der Waals surface area (Å²) in [5.74, 6) is -0.481. The summed E-state index contributed by atoms with van der Waals surface area (Å²) in [7, 11) is 0. The maximum atomic E-state index is 12.9. The van der Waals surface area contributed by atoms with Gasteiger partial charge in [0.2, 0.25) is 0 Å². The number of benzene rings is 2. The molecule has 0 atom stereocenters. The Kier molecular flexibility index (Phi) is 6.23. The number of fused-ring (bicyclic) bond motifs is 1. The minimum absolute atomic E-state index is 0.0103. The van der Waals surface area contributed by atoms with Crippen LogP contribution in [-0.4, -0.2) is 45.6 Å². The van der Waals surface area contributed by atoms with Crippen molar-refractivity contribution < 1.29 is 23.4 Å². The van der Waals surface area contributed by atoms with E-state index in [0.29, 0.717) is 5.56 Å². The molecule has 2 aromatic heterocycles. The first-order valence-electron chi connectivity index (χ1n) is 10.7. The van der Waals surface area contributed by atoms with Crippen LogP contribution in [0.2, 0.25) is 0 Å². The van der Waals surface area contributed by atoms with Gasteiger partial charge in [-0.15, -0.1) is 0 Å². The topological polar surface area (TPSA) is 87.6 Å². The number of nitrogens with zero attached hydrogens (tertiary/aromatic N) is 3. The smallest absolute Gasteiger partial charge is 0.387 e. The highest BCUT2D eigenvalue weighted by molar-refractivity contribution is 8.00. The van der Waals surface area contributed by atoms with E-state index in [4.69, 9.17) is 0 Å². The maximum Gasteiger partial charge on any atom is 0.387 e. The van der Waals surface area contributed by atoms with Gasteiger partial charge in [0.25, 0.3) is 5.91 Å². The van der Waals surface area contributed by atoms with E-state index in [9.17, 15) is 18.7 Å². The molecule has 1 aliphatic rings. The van der Waals surface area contributed by atoms with Crippen molar-refractivity contribution in [3.8, 4) is 5.75 Å². The monoisotopic (exact) mass is 494 g/mol. The molecule has 10 heteroatoms. The zero-order chi connectivity index (χ0) is 24.4. The molecule has 1 aliphatic heterocycles. The van der Waals surface area contributed by atoms with E-state index in [-0.39, 0.29) is 30.4 Å². The minimum Gasteiger partial charge on any atom is -0.433 e. The molecular formula is C25H20F2N4O3S. The average Bonchev–Trinajstić information content (AvgIpc) is 2.85. The largest absolute Gasteiger partial charge is 0.433 e. The van der Waals surface area contributed by atoms with Gasteiger partial charge in [0.05, 0.1) is 23.5 Å². The number of amides is 1. The number of rotatable bonds is 7. The number of aliphatic hydroxyl groups is 1. The second-order valence-corrected chi connectivity index (χ2v) is 8.88. The van der Waals surface area contributed by atoms with Gasteiger partial charge in [-0.25, -0.2) is 0 Å². The van der Waals surface area contributed by atoms with E-state index >= 15 is 0 Å². The summed E-state index contributed by atoms with van der Waals surface area (Å²) in [6, 6.07) is 19.6. The average molecular weight is 495 g/mol. The van der Waals surface area contributed by atoms with Gasteiger partial charge in [-0.1, -0.05) is 18.2 Å². The van der Waals surface area contributed by atoms with Crippen molar-refractivity contribution in [2.45, 2.75) is 17.1 Å². The number of pyridine rings is 2. The van der Waals surface area contributed by atoms with Gasteiger partial charge in [0.1, 0.15) is 11.3 Å². The van der Waals surface area contributed by atoms with E-state index in [2.05, 4.69) is 19.4 Å². The number of hydrogen-bond acceptors (Lipinski definition) is 7. The van der Waals surface area contributed by atoms with Crippen molar-refractivity contribution in [3.63, 3.8) is 0 Å². The SMILES string of the molecule is O=C(c1ccc(NSc2cccc3cccnc23)cc1)N1CC(O)(c2ncccc2OC(F)F)C1. The Morgan fingerprint density at radius 3 is 2.51 bits per heavy atom. The number of alkyl halides is 2. The summed E-state index contributed by atoms with van der Waals surface area (Å²) in [5, 5.41) is 11.9. The van der Waals surface area contributed by atoms with Crippen LogP contribution in [0.4, 0.5) is 14.5 Å². The lowest BCUT2D eigenvalue weighted by atomic mass is 9.88. The minimum atomic E-state index is -3.04. The fourth-order valence-electron chi connectivity index (χ4n) is 3.95. The summed E-state index contributed by atoms with van der Waals surface area (Å²) in [6.07, 6.45) is 3.14. The molecule has 1 amide bonds. The van der Waals surface area contributed by atoms with Gasteiger partial charge < -0.3 is 19.5 Å². The van der Waals surface area contributed by atoms with Crippen LogP contribution in [0.15, 0.2) is 84.0 Å². The Labute approximate surface area is 203 Å². The zero-order valence-electron chi connectivity index (χ0n) is 18.3. The molecule has 0 bridgehead atoms. The van der Waals surface area contributed by atoms with Crippen LogP contribution in [0.3, 0.4) is 0 Å². The third kappa shape index (κ3) is 4.75. The molecule has 1 saturated heterocycles. The number of likely N-dealkylation sites (tertiary alicyclic amines) is 1. The lowest BCUT2D eigenvalue weighted by Gasteiger charge is -2.46. The zero-order valence-corrected chi connectivity index (χ0v) is 19.1. The van der Waals surface area contributed by atoms with Crippen molar-refractivity contribution in [3.05, 3.63) is 90.4 Å². The van der Waals surface area contributed by atoms with Gasteiger partial charge in [-0.2, -0.15) is 8.78 Å².